The topological polar surface area (TPSA) is 86.8 Å². The smallest absolute Gasteiger partial charge is 0.262 e. The number of nitrogens with one attached hydrogen (secondary N) is 1. The molecule has 0 spiro atoms. The van der Waals surface area contributed by atoms with Crippen LogP contribution in [0.25, 0.3) is 0 Å². The van der Waals surface area contributed by atoms with Crippen molar-refractivity contribution in [1.29, 1.82) is 0 Å². The molecule has 2 aliphatic heterocycles. The minimum atomic E-state index is -0.901. The highest BCUT2D eigenvalue weighted by Crippen LogP contribution is 2.24. The van der Waals surface area contributed by atoms with E-state index in [0.717, 1.165) is 4.90 Å². The summed E-state index contributed by atoms with van der Waals surface area (Å²) in [7, 11) is 0. The zero-order chi connectivity index (χ0) is 21.3. The third kappa shape index (κ3) is 3.58. The van der Waals surface area contributed by atoms with Crippen molar-refractivity contribution in [3.63, 3.8) is 0 Å². The molecule has 30 heavy (non-hydrogen) atoms. The summed E-state index contributed by atoms with van der Waals surface area (Å²) in [4.78, 5) is 53.3. The van der Waals surface area contributed by atoms with Crippen LogP contribution in [0, 0.1) is 0 Å². The molecule has 4 amide bonds. The van der Waals surface area contributed by atoms with Gasteiger partial charge in [0.2, 0.25) is 5.91 Å². The standard InChI is InChI=1S/C23H23N3O4/c1-15(26-22(29)18-9-5-6-10-19(18)23(26)30)20(27)24-17-11-13-25(14-12-17)21(28)16-7-3-2-4-8-16/h2-10,15,17H,11-14H2,1H3,(H,24,27). The predicted molar refractivity (Wildman–Crippen MR) is 110 cm³/mol. The van der Waals surface area contributed by atoms with Crippen LogP contribution in [-0.4, -0.2) is 58.6 Å². The number of likely N-dealkylation sites (tertiary alicyclic amines) is 1. The van der Waals surface area contributed by atoms with Crippen molar-refractivity contribution in [1.82, 2.24) is 15.1 Å². The fraction of sp³-hybridized carbons (Fsp3) is 0.304. The molecule has 0 aliphatic carbocycles. The van der Waals surface area contributed by atoms with Gasteiger partial charge < -0.3 is 10.2 Å². The van der Waals surface area contributed by atoms with Crippen LogP contribution in [0.1, 0.15) is 50.8 Å². The van der Waals surface area contributed by atoms with Gasteiger partial charge in [0.15, 0.2) is 0 Å². The van der Waals surface area contributed by atoms with Gasteiger partial charge in [-0.3, -0.25) is 24.1 Å². The van der Waals surface area contributed by atoms with Crippen LogP contribution in [0.4, 0.5) is 0 Å². The largest absolute Gasteiger partial charge is 0.351 e. The number of benzene rings is 2. The Bertz CT molecular complexity index is 962. The van der Waals surface area contributed by atoms with Gasteiger partial charge in [0.25, 0.3) is 17.7 Å². The minimum Gasteiger partial charge on any atom is -0.351 e. The first-order valence-electron chi connectivity index (χ1n) is 10.1. The average Bonchev–Trinajstić information content (AvgIpc) is 3.04. The first-order valence-corrected chi connectivity index (χ1v) is 10.1. The van der Waals surface area contributed by atoms with Gasteiger partial charge in [0.1, 0.15) is 6.04 Å². The van der Waals surface area contributed by atoms with E-state index in [4.69, 9.17) is 0 Å². The number of hydrogen-bond acceptors (Lipinski definition) is 4. The van der Waals surface area contributed by atoms with Gasteiger partial charge in [-0.15, -0.1) is 0 Å². The van der Waals surface area contributed by atoms with E-state index >= 15 is 0 Å². The normalized spacial score (nSPS) is 17.6. The van der Waals surface area contributed by atoms with Gasteiger partial charge in [-0.1, -0.05) is 30.3 Å². The summed E-state index contributed by atoms with van der Waals surface area (Å²) in [5.74, 6) is -1.26. The number of rotatable bonds is 4. The Morgan fingerprint density at radius 2 is 1.43 bits per heavy atom. The highest BCUT2D eigenvalue weighted by atomic mass is 16.2. The summed E-state index contributed by atoms with van der Waals surface area (Å²) in [6.07, 6.45) is 1.25. The molecular formula is C23H23N3O4. The number of fused-ring (bicyclic) bond motifs is 1. The Kier molecular flexibility index (Phi) is 5.35. The zero-order valence-corrected chi connectivity index (χ0v) is 16.7. The minimum absolute atomic E-state index is 0.0141. The van der Waals surface area contributed by atoms with Gasteiger partial charge in [-0.05, 0) is 44.0 Å². The van der Waals surface area contributed by atoms with Crippen LogP contribution in [0.3, 0.4) is 0 Å². The molecule has 1 N–H and O–H groups in total. The Labute approximate surface area is 174 Å². The molecule has 0 aromatic heterocycles. The lowest BCUT2D eigenvalue weighted by Gasteiger charge is -2.33. The van der Waals surface area contributed by atoms with E-state index in [2.05, 4.69) is 5.32 Å². The molecule has 2 heterocycles. The number of nitrogens with zero attached hydrogens (tertiary/aromatic N) is 2. The maximum absolute atomic E-state index is 12.7. The van der Waals surface area contributed by atoms with E-state index in [1.165, 1.54) is 0 Å². The average molecular weight is 405 g/mol. The molecule has 2 aliphatic rings. The fourth-order valence-corrected chi connectivity index (χ4v) is 3.99. The van der Waals surface area contributed by atoms with Crippen LogP contribution in [0.5, 0.6) is 0 Å². The van der Waals surface area contributed by atoms with Gasteiger partial charge in [-0.25, -0.2) is 0 Å². The molecular weight excluding hydrogens is 382 g/mol. The third-order valence-corrected chi connectivity index (χ3v) is 5.74. The number of hydrogen-bond donors (Lipinski definition) is 1. The van der Waals surface area contributed by atoms with Crippen LogP contribution >= 0.6 is 0 Å². The van der Waals surface area contributed by atoms with Crippen LogP contribution in [0.15, 0.2) is 54.6 Å². The number of piperidine rings is 1. The van der Waals surface area contributed by atoms with E-state index in [1.54, 1.807) is 48.2 Å². The highest BCUT2D eigenvalue weighted by molar-refractivity contribution is 6.22. The van der Waals surface area contributed by atoms with Crippen molar-refractivity contribution in [2.24, 2.45) is 0 Å². The van der Waals surface area contributed by atoms with Crippen molar-refractivity contribution in [2.75, 3.05) is 13.1 Å². The molecule has 7 heteroatoms. The van der Waals surface area contributed by atoms with Gasteiger partial charge in [0, 0.05) is 24.7 Å². The fourth-order valence-electron chi connectivity index (χ4n) is 3.99. The molecule has 2 aromatic carbocycles. The molecule has 1 atom stereocenters. The summed E-state index contributed by atoms with van der Waals surface area (Å²) in [5.41, 5.74) is 1.31. The van der Waals surface area contributed by atoms with E-state index in [-0.39, 0.29) is 17.9 Å². The second-order valence-corrected chi connectivity index (χ2v) is 7.64. The maximum Gasteiger partial charge on any atom is 0.262 e. The monoisotopic (exact) mass is 405 g/mol. The van der Waals surface area contributed by atoms with Gasteiger partial charge in [0.05, 0.1) is 11.1 Å². The summed E-state index contributed by atoms with van der Waals surface area (Å²) in [6, 6.07) is 14.7. The summed E-state index contributed by atoms with van der Waals surface area (Å²) in [6.45, 7) is 2.64. The van der Waals surface area contributed by atoms with Crippen molar-refractivity contribution in [2.45, 2.75) is 31.8 Å². The molecule has 1 unspecified atom stereocenters. The molecule has 0 radical (unpaired) electrons. The van der Waals surface area contributed by atoms with Gasteiger partial charge >= 0.3 is 0 Å². The van der Waals surface area contributed by atoms with E-state index < -0.39 is 17.9 Å². The SMILES string of the molecule is CC(C(=O)NC1CCN(C(=O)c2ccccc2)CC1)N1C(=O)c2ccccc2C1=O. The van der Waals surface area contributed by atoms with Crippen LogP contribution in [0.2, 0.25) is 0 Å². The Morgan fingerprint density at radius 1 is 0.900 bits per heavy atom. The molecule has 1 fully saturated rings. The second kappa shape index (κ2) is 8.10. The molecule has 0 bridgehead atoms. The number of imide groups is 1. The first-order chi connectivity index (χ1) is 14.5. The van der Waals surface area contributed by atoms with E-state index in [0.29, 0.717) is 42.6 Å². The molecule has 1 saturated heterocycles. The van der Waals surface area contributed by atoms with E-state index in [9.17, 15) is 19.2 Å². The van der Waals surface area contributed by atoms with E-state index in [1.807, 2.05) is 18.2 Å². The number of amides is 4. The summed E-state index contributed by atoms with van der Waals surface area (Å²) < 4.78 is 0. The molecule has 2 aromatic rings. The molecule has 0 saturated carbocycles. The van der Waals surface area contributed by atoms with Crippen molar-refractivity contribution < 1.29 is 19.2 Å². The predicted octanol–water partition coefficient (Wildman–Crippen LogP) is 2.09. The summed E-state index contributed by atoms with van der Waals surface area (Å²) >= 11 is 0. The first kappa shape index (κ1) is 19.8. The van der Waals surface area contributed by atoms with Crippen molar-refractivity contribution >= 4 is 23.6 Å². The van der Waals surface area contributed by atoms with Crippen LogP contribution < -0.4 is 5.32 Å². The maximum atomic E-state index is 12.7. The zero-order valence-electron chi connectivity index (χ0n) is 16.7. The number of carbonyl (C=O) groups is 4. The molecule has 7 nitrogen and oxygen atoms in total. The second-order valence-electron chi connectivity index (χ2n) is 7.64. The lowest BCUT2D eigenvalue weighted by Crippen LogP contribution is -2.53. The van der Waals surface area contributed by atoms with Crippen LogP contribution in [-0.2, 0) is 4.79 Å². The third-order valence-electron chi connectivity index (χ3n) is 5.74. The Morgan fingerprint density at radius 3 is 2.00 bits per heavy atom. The Balaban J connectivity index is 1.34. The summed E-state index contributed by atoms with van der Waals surface area (Å²) in [5, 5.41) is 2.94. The lowest BCUT2D eigenvalue weighted by atomic mass is 10.0. The molecule has 154 valence electrons. The number of carbonyl (C=O) groups excluding carboxylic acids is 4. The van der Waals surface area contributed by atoms with Gasteiger partial charge in [-0.2, -0.15) is 0 Å². The Hall–Kier alpha value is -3.48. The quantitative estimate of drug-likeness (QED) is 0.790. The van der Waals surface area contributed by atoms with Crippen molar-refractivity contribution in [3.05, 3.63) is 71.3 Å². The highest BCUT2D eigenvalue weighted by Gasteiger charge is 2.41. The van der Waals surface area contributed by atoms with Crippen molar-refractivity contribution in [3.8, 4) is 0 Å². The molecule has 4 rings (SSSR count). The lowest BCUT2D eigenvalue weighted by molar-refractivity contribution is -0.125.